The van der Waals surface area contributed by atoms with Crippen molar-refractivity contribution in [1.82, 2.24) is 4.90 Å². The number of likely N-dealkylation sites (tertiary alicyclic amines) is 1. The van der Waals surface area contributed by atoms with Crippen molar-refractivity contribution in [1.29, 1.82) is 5.26 Å². The number of carbonyl (C=O) groups excluding carboxylic acids is 1. The van der Waals surface area contributed by atoms with Crippen molar-refractivity contribution < 1.29 is 4.79 Å². The molecule has 0 aromatic heterocycles. The Morgan fingerprint density at radius 1 is 1.18 bits per heavy atom. The summed E-state index contributed by atoms with van der Waals surface area (Å²) >= 11 is 0. The predicted octanol–water partition coefficient (Wildman–Crippen LogP) is 3.48. The molecule has 1 aromatic carbocycles. The van der Waals surface area contributed by atoms with Crippen LogP contribution in [0.15, 0.2) is 23.8 Å². The van der Waals surface area contributed by atoms with Gasteiger partial charge in [0, 0.05) is 25.1 Å². The van der Waals surface area contributed by atoms with Crippen LogP contribution in [0.25, 0.3) is 5.70 Å². The van der Waals surface area contributed by atoms with Gasteiger partial charge in [-0.2, -0.15) is 5.26 Å². The van der Waals surface area contributed by atoms with Gasteiger partial charge in [0.25, 0.3) is 0 Å². The summed E-state index contributed by atoms with van der Waals surface area (Å²) in [5.41, 5.74) is 4.70. The fraction of sp³-hybridized carbons (Fsp3) is 0.474. The number of ketones is 1. The maximum Gasteiger partial charge on any atom is 0.179 e. The summed E-state index contributed by atoms with van der Waals surface area (Å²) in [6.07, 6.45) is 6.08. The maximum atomic E-state index is 12.4. The highest BCUT2D eigenvalue weighted by Gasteiger charge is 2.29. The molecule has 0 unspecified atom stereocenters. The predicted molar refractivity (Wildman–Crippen MR) is 87.1 cm³/mol. The molecule has 0 spiro atoms. The normalized spacial score (nSPS) is 18.7. The second-order valence-corrected chi connectivity index (χ2v) is 6.18. The van der Waals surface area contributed by atoms with Crippen LogP contribution in [0, 0.1) is 11.3 Å². The van der Waals surface area contributed by atoms with Crippen molar-refractivity contribution in [2.75, 3.05) is 13.1 Å². The number of carbonyl (C=O) groups is 1. The van der Waals surface area contributed by atoms with E-state index >= 15 is 0 Å². The molecular formula is C19H22N2O. The van der Waals surface area contributed by atoms with Crippen LogP contribution in [-0.2, 0) is 17.6 Å². The molecule has 1 aromatic rings. The Morgan fingerprint density at radius 3 is 2.55 bits per heavy atom. The molecule has 1 heterocycles. The molecule has 0 bridgehead atoms. The summed E-state index contributed by atoms with van der Waals surface area (Å²) in [6, 6.07) is 8.54. The highest BCUT2D eigenvalue weighted by molar-refractivity contribution is 6.09. The van der Waals surface area contributed by atoms with Crippen molar-refractivity contribution >= 4 is 11.5 Å². The first-order chi connectivity index (χ1) is 10.7. The Balaban J connectivity index is 2.13. The fourth-order valence-corrected chi connectivity index (χ4v) is 3.48. The summed E-state index contributed by atoms with van der Waals surface area (Å²) < 4.78 is 0. The number of allylic oxidation sites excluding steroid dienone is 1. The number of fused-ring (bicyclic) bond motifs is 1. The zero-order valence-corrected chi connectivity index (χ0v) is 13.2. The van der Waals surface area contributed by atoms with E-state index in [0.717, 1.165) is 49.2 Å². The van der Waals surface area contributed by atoms with Crippen LogP contribution in [0.2, 0.25) is 0 Å². The van der Waals surface area contributed by atoms with Crippen LogP contribution < -0.4 is 0 Å². The van der Waals surface area contributed by atoms with E-state index < -0.39 is 0 Å². The lowest BCUT2D eigenvalue weighted by molar-refractivity contribution is -0.114. The molecule has 22 heavy (non-hydrogen) atoms. The third-order valence-corrected chi connectivity index (χ3v) is 4.74. The second kappa shape index (κ2) is 6.36. The van der Waals surface area contributed by atoms with Crippen molar-refractivity contribution in [2.45, 2.75) is 45.4 Å². The van der Waals surface area contributed by atoms with Crippen LogP contribution >= 0.6 is 0 Å². The number of rotatable bonds is 2. The lowest BCUT2D eigenvalue weighted by atomic mass is 9.86. The molecule has 0 amide bonds. The minimum absolute atomic E-state index is 0.0292. The third-order valence-electron chi connectivity index (χ3n) is 4.74. The molecule has 0 radical (unpaired) electrons. The van der Waals surface area contributed by atoms with E-state index in [4.69, 9.17) is 0 Å². The second-order valence-electron chi connectivity index (χ2n) is 6.18. The van der Waals surface area contributed by atoms with Gasteiger partial charge < -0.3 is 4.90 Å². The van der Waals surface area contributed by atoms with E-state index in [9.17, 15) is 10.1 Å². The molecule has 1 aliphatic carbocycles. The lowest BCUT2D eigenvalue weighted by Gasteiger charge is -2.31. The molecule has 0 N–H and O–H groups in total. The van der Waals surface area contributed by atoms with Crippen LogP contribution in [0.3, 0.4) is 0 Å². The van der Waals surface area contributed by atoms with Gasteiger partial charge in [0.15, 0.2) is 5.78 Å². The summed E-state index contributed by atoms with van der Waals surface area (Å²) in [5.74, 6) is -0.0292. The third kappa shape index (κ3) is 2.66. The van der Waals surface area contributed by atoms with Gasteiger partial charge in [0.05, 0.1) is 5.70 Å². The molecule has 1 aliphatic heterocycles. The average Bonchev–Trinajstić information content (AvgIpc) is 2.82. The molecule has 3 nitrogen and oxygen atoms in total. The molecular weight excluding hydrogens is 272 g/mol. The number of hydrogen-bond acceptors (Lipinski definition) is 3. The largest absolute Gasteiger partial charge is 0.370 e. The molecule has 0 saturated carbocycles. The number of benzene rings is 1. The summed E-state index contributed by atoms with van der Waals surface area (Å²) in [6.45, 7) is 4.03. The molecule has 3 heteroatoms. The number of nitriles is 1. The minimum atomic E-state index is -0.0292. The monoisotopic (exact) mass is 294 g/mol. The van der Waals surface area contributed by atoms with Crippen LogP contribution in [0.4, 0.5) is 0 Å². The van der Waals surface area contributed by atoms with E-state index in [1.54, 1.807) is 0 Å². The van der Waals surface area contributed by atoms with Gasteiger partial charge in [-0.05, 0) is 36.5 Å². The van der Waals surface area contributed by atoms with Gasteiger partial charge in [0.1, 0.15) is 11.6 Å². The van der Waals surface area contributed by atoms with Crippen LogP contribution in [0.1, 0.15) is 49.3 Å². The smallest absolute Gasteiger partial charge is 0.179 e. The first-order valence-electron chi connectivity index (χ1n) is 8.29. The summed E-state index contributed by atoms with van der Waals surface area (Å²) in [5, 5.41) is 9.53. The molecule has 1 saturated heterocycles. The Labute approximate surface area is 132 Å². The van der Waals surface area contributed by atoms with Crippen LogP contribution in [0.5, 0.6) is 0 Å². The lowest BCUT2D eigenvalue weighted by Crippen LogP contribution is -2.29. The van der Waals surface area contributed by atoms with E-state index in [1.807, 2.05) is 0 Å². The molecule has 1 fully saturated rings. The maximum absolute atomic E-state index is 12.4. The molecule has 2 aliphatic rings. The first kappa shape index (κ1) is 14.8. The Kier molecular flexibility index (Phi) is 4.29. The number of hydrogen-bond donors (Lipinski definition) is 0. The summed E-state index contributed by atoms with van der Waals surface area (Å²) in [4.78, 5) is 14.7. The fourth-order valence-electron chi connectivity index (χ4n) is 3.48. The Morgan fingerprint density at radius 2 is 1.91 bits per heavy atom. The summed E-state index contributed by atoms with van der Waals surface area (Å²) in [7, 11) is 0. The van der Waals surface area contributed by atoms with E-state index in [1.165, 1.54) is 18.4 Å². The van der Waals surface area contributed by atoms with Crippen LogP contribution in [-0.4, -0.2) is 23.8 Å². The number of aryl methyl sites for hydroxylation is 1. The van der Waals surface area contributed by atoms with Gasteiger partial charge in [-0.1, -0.05) is 31.9 Å². The standard InChI is InChI=1S/C19H22N2O/c1-2-14-7-8-15-12-18(22)17(13-20)19(16(15)11-14)21-9-5-3-4-6-10-21/h7-8,11H,2-6,9-10,12H2,1H3. The van der Waals surface area contributed by atoms with Crippen molar-refractivity contribution in [2.24, 2.45) is 0 Å². The topological polar surface area (TPSA) is 44.1 Å². The first-order valence-corrected chi connectivity index (χ1v) is 8.29. The number of Topliss-reactive ketones (excluding diaryl/α,β-unsaturated/α-hetero) is 1. The Hall–Kier alpha value is -2.08. The Bertz CT molecular complexity index is 659. The SMILES string of the molecule is CCc1ccc2c(c1)C(N1CCCCCC1)=C(C#N)C(=O)C2. The van der Waals surface area contributed by atoms with Gasteiger partial charge in [-0.25, -0.2) is 0 Å². The molecule has 3 rings (SSSR count). The average molecular weight is 294 g/mol. The van der Waals surface area contributed by atoms with Crippen molar-refractivity contribution in [3.63, 3.8) is 0 Å². The van der Waals surface area contributed by atoms with Gasteiger partial charge in [0.2, 0.25) is 0 Å². The highest BCUT2D eigenvalue weighted by Crippen LogP contribution is 2.34. The van der Waals surface area contributed by atoms with Gasteiger partial charge in [-0.15, -0.1) is 0 Å². The van der Waals surface area contributed by atoms with Crippen molar-refractivity contribution in [3.05, 3.63) is 40.5 Å². The minimum Gasteiger partial charge on any atom is -0.370 e. The molecule has 114 valence electrons. The zero-order valence-electron chi connectivity index (χ0n) is 13.2. The van der Waals surface area contributed by atoms with Gasteiger partial charge >= 0.3 is 0 Å². The van der Waals surface area contributed by atoms with E-state index in [-0.39, 0.29) is 5.78 Å². The van der Waals surface area contributed by atoms with Gasteiger partial charge in [-0.3, -0.25) is 4.79 Å². The quantitative estimate of drug-likeness (QED) is 0.838. The highest BCUT2D eigenvalue weighted by atomic mass is 16.1. The zero-order chi connectivity index (χ0) is 15.5. The molecule has 0 atom stereocenters. The number of nitrogens with zero attached hydrogens (tertiary/aromatic N) is 2. The van der Waals surface area contributed by atoms with Crippen molar-refractivity contribution in [3.8, 4) is 6.07 Å². The van der Waals surface area contributed by atoms with E-state index in [0.29, 0.717) is 12.0 Å². The van der Waals surface area contributed by atoms with E-state index in [2.05, 4.69) is 36.1 Å².